The Morgan fingerprint density at radius 2 is 1.62 bits per heavy atom. The van der Waals surface area contributed by atoms with E-state index in [4.69, 9.17) is 0 Å². The second kappa shape index (κ2) is 13.0. The van der Waals surface area contributed by atoms with Gasteiger partial charge in [-0.15, -0.1) is 0 Å². The van der Waals surface area contributed by atoms with Gasteiger partial charge in [0.2, 0.25) is 17.7 Å². The van der Waals surface area contributed by atoms with Gasteiger partial charge in [0.15, 0.2) is 0 Å². The minimum absolute atomic E-state index is 0.0207. The first-order chi connectivity index (χ1) is 15.0. The number of carbonyl (C=O) groups is 5. The molecule has 1 fully saturated rings. The highest BCUT2D eigenvalue weighted by Crippen LogP contribution is 2.12. The Kier molecular flexibility index (Phi) is 11.1. The first-order valence-electron chi connectivity index (χ1n) is 11.0. The third-order valence-electron chi connectivity index (χ3n) is 5.50. The monoisotopic (exact) mass is 456 g/mol. The topological polar surface area (TPSA) is 174 Å². The van der Waals surface area contributed by atoms with E-state index in [9.17, 15) is 34.2 Å². The third-order valence-corrected chi connectivity index (χ3v) is 5.50. The van der Waals surface area contributed by atoms with Crippen LogP contribution in [0.1, 0.15) is 59.8 Å². The number of hydrogen-bond donors (Lipinski definition) is 6. The van der Waals surface area contributed by atoms with Crippen molar-refractivity contribution in [1.29, 1.82) is 0 Å². The Bertz CT molecular complexity index is 692. The summed E-state index contributed by atoms with van der Waals surface area (Å²) < 4.78 is 0. The lowest BCUT2D eigenvalue weighted by Crippen LogP contribution is -2.59. The van der Waals surface area contributed by atoms with E-state index < -0.39 is 60.2 Å². The van der Waals surface area contributed by atoms with E-state index in [1.807, 2.05) is 20.8 Å². The van der Waals surface area contributed by atoms with Crippen LogP contribution in [-0.4, -0.2) is 70.6 Å². The minimum atomic E-state index is -1.37. The quantitative estimate of drug-likeness (QED) is 0.222. The molecular formula is C21H36N4O7. The Balaban J connectivity index is 2.95. The normalized spacial score (nSPS) is 19.5. The molecule has 182 valence electrons. The summed E-state index contributed by atoms with van der Waals surface area (Å²) in [5.41, 5.74) is 0. The van der Waals surface area contributed by atoms with Crippen molar-refractivity contribution < 1.29 is 34.2 Å². The summed E-state index contributed by atoms with van der Waals surface area (Å²) >= 11 is 0. The summed E-state index contributed by atoms with van der Waals surface area (Å²) in [6, 6.07) is -4.07. The Morgan fingerprint density at radius 3 is 2.09 bits per heavy atom. The van der Waals surface area contributed by atoms with Crippen LogP contribution in [0.2, 0.25) is 0 Å². The van der Waals surface area contributed by atoms with Crippen molar-refractivity contribution >= 4 is 29.7 Å². The molecule has 0 bridgehead atoms. The highest BCUT2D eigenvalue weighted by Gasteiger charge is 2.34. The Hall–Kier alpha value is -2.69. The van der Waals surface area contributed by atoms with Gasteiger partial charge in [0.25, 0.3) is 0 Å². The van der Waals surface area contributed by atoms with E-state index in [-0.39, 0.29) is 18.3 Å². The summed E-state index contributed by atoms with van der Waals surface area (Å²) in [6.07, 6.45) is 1.45. The maximum atomic E-state index is 12.9. The Labute approximate surface area is 188 Å². The predicted molar refractivity (Wildman–Crippen MR) is 116 cm³/mol. The van der Waals surface area contributed by atoms with Crippen LogP contribution in [0, 0.1) is 11.8 Å². The van der Waals surface area contributed by atoms with Crippen LogP contribution in [0.5, 0.6) is 0 Å². The average Bonchev–Trinajstić information content (AvgIpc) is 3.24. The molecule has 0 aromatic heterocycles. The highest BCUT2D eigenvalue weighted by atomic mass is 16.4. The van der Waals surface area contributed by atoms with Gasteiger partial charge < -0.3 is 31.5 Å². The number of carboxylic acid groups (broad SMARTS) is 2. The second-order valence-corrected chi connectivity index (χ2v) is 8.71. The van der Waals surface area contributed by atoms with Crippen LogP contribution in [0.25, 0.3) is 0 Å². The van der Waals surface area contributed by atoms with E-state index in [2.05, 4.69) is 21.3 Å². The number of amides is 3. The van der Waals surface area contributed by atoms with Gasteiger partial charge in [-0.05, 0) is 37.6 Å². The number of aliphatic carboxylic acids is 2. The van der Waals surface area contributed by atoms with Gasteiger partial charge in [0.05, 0.1) is 12.5 Å². The smallest absolute Gasteiger partial charge is 0.326 e. The number of carbonyl (C=O) groups excluding carboxylic acids is 3. The zero-order valence-electron chi connectivity index (χ0n) is 19.1. The van der Waals surface area contributed by atoms with Gasteiger partial charge in [0, 0.05) is 0 Å². The molecule has 11 nitrogen and oxygen atoms in total. The first-order valence-corrected chi connectivity index (χ1v) is 11.0. The van der Waals surface area contributed by atoms with Crippen LogP contribution in [0.4, 0.5) is 0 Å². The largest absolute Gasteiger partial charge is 0.481 e. The summed E-state index contributed by atoms with van der Waals surface area (Å²) in [4.78, 5) is 60.9. The van der Waals surface area contributed by atoms with Crippen molar-refractivity contribution in [2.45, 2.75) is 84.0 Å². The van der Waals surface area contributed by atoms with E-state index in [0.29, 0.717) is 19.4 Å². The molecule has 1 saturated heterocycles. The number of nitrogens with one attached hydrogen (secondary N) is 4. The van der Waals surface area contributed by atoms with Crippen LogP contribution in [-0.2, 0) is 24.0 Å². The molecule has 0 aromatic carbocycles. The molecule has 5 unspecified atom stereocenters. The minimum Gasteiger partial charge on any atom is -0.481 e. The fraction of sp³-hybridized carbons (Fsp3) is 0.762. The zero-order valence-corrected chi connectivity index (χ0v) is 19.1. The predicted octanol–water partition coefficient (Wildman–Crippen LogP) is -0.156. The van der Waals surface area contributed by atoms with Gasteiger partial charge in [-0.3, -0.25) is 19.2 Å². The highest BCUT2D eigenvalue weighted by molar-refractivity contribution is 5.95. The van der Waals surface area contributed by atoms with Crippen LogP contribution in [0.15, 0.2) is 0 Å². The second-order valence-electron chi connectivity index (χ2n) is 8.71. The van der Waals surface area contributed by atoms with E-state index >= 15 is 0 Å². The Morgan fingerprint density at radius 1 is 0.969 bits per heavy atom. The molecule has 0 saturated carbocycles. The molecule has 1 aliphatic heterocycles. The molecule has 1 aliphatic rings. The van der Waals surface area contributed by atoms with Crippen molar-refractivity contribution in [1.82, 2.24) is 21.3 Å². The van der Waals surface area contributed by atoms with E-state index in [0.717, 1.165) is 6.42 Å². The van der Waals surface area contributed by atoms with E-state index in [1.54, 1.807) is 6.92 Å². The SMILES string of the molecule is CCC(C)C(NC(=O)C(CC(=O)O)NC(=O)C1CCCN1)C(=O)NC(CC(C)C)C(=O)O. The molecule has 5 atom stereocenters. The molecule has 0 spiro atoms. The van der Waals surface area contributed by atoms with Gasteiger partial charge >= 0.3 is 11.9 Å². The molecule has 1 heterocycles. The van der Waals surface area contributed by atoms with Crippen molar-refractivity contribution in [3.05, 3.63) is 0 Å². The molecule has 0 radical (unpaired) electrons. The van der Waals surface area contributed by atoms with Crippen molar-refractivity contribution in [2.75, 3.05) is 6.54 Å². The average molecular weight is 457 g/mol. The van der Waals surface area contributed by atoms with Crippen LogP contribution >= 0.6 is 0 Å². The maximum absolute atomic E-state index is 12.9. The molecule has 0 aromatic rings. The summed E-state index contributed by atoms with van der Waals surface area (Å²) in [6.45, 7) is 7.84. The summed E-state index contributed by atoms with van der Waals surface area (Å²) in [5, 5.41) is 29.0. The molecular weight excluding hydrogens is 420 g/mol. The van der Waals surface area contributed by atoms with E-state index in [1.165, 1.54) is 0 Å². The van der Waals surface area contributed by atoms with Gasteiger partial charge in [0.1, 0.15) is 18.1 Å². The first kappa shape index (κ1) is 27.3. The van der Waals surface area contributed by atoms with Gasteiger partial charge in [-0.1, -0.05) is 34.1 Å². The van der Waals surface area contributed by atoms with Gasteiger partial charge in [-0.25, -0.2) is 4.79 Å². The van der Waals surface area contributed by atoms with Crippen molar-refractivity contribution in [3.63, 3.8) is 0 Å². The lowest BCUT2D eigenvalue weighted by atomic mass is 9.96. The molecule has 1 rings (SSSR count). The standard InChI is InChI=1S/C21H36N4O7/c1-5-12(4)17(20(30)24-15(21(31)32)9-11(2)3)25-19(29)14(10-16(26)27)23-18(28)13-7-6-8-22-13/h11-15,17,22H,5-10H2,1-4H3,(H,23,28)(H,24,30)(H,25,29)(H,26,27)(H,31,32). The lowest BCUT2D eigenvalue weighted by Gasteiger charge is -2.28. The maximum Gasteiger partial charge on any atom is 0.326 e. The van der Waals surface area contributed by atoms with Crippen LogP contribution in [0.3, 0.4) is 0 Å². The number of rotatable bonds is 13. The molecule has 3 amide bonds. The number of carboxylic acids is 2. The number of hydrogen-bond acceptors (Lipinski definition) is 6. The van der Waals surface area contributed by atoms with Crippen molar-refractivity contribution in [2.24, 2.45) is 11.8 Å². The molecule has 0 aliphatic carbocycles. The van der Waals surface area contributed by atoms with Crippen molar-refractivity contribution in [3.8, 4) is 0 Å². The molecule has 32 heavy (non-hydrogen) atoms. The third kappa shape index (κ3) is 8.81. The van der Waals surface area contributed by atoms with Gasteiger partial charge in [-0.2, -0.15) is 0 Å². The summed E-state index contributed by atoms with van der Waals surface area (Å²) in [7, 11) is 0. The lowest BCUT2D eigenvalue weighted by molar-refractivity contribution is -0.144. The summed E-state index contributed by atoms with van der Waals surface area (Å²) in [5.74, 6) is -4.75. The fourth-order valence-corrected chi connectivity index (χ4v) is 3.47. The zero-order chi connectivity index (χ0) is 24.4. The molecule has 6 N–H and O–H groups in total. The van der Waals surface area contributed by atoms with Crippen LogP contribution < -0.4 is 21.3 Å². The molecule has 11 heteroatoms. The fourth-order valence-electron chi connectivity index (χ4n) is 3.47.